The summed E-state index contributed by atoms with van der Waals surface area (Å²) < 4.78 is 0. The van der Waals surface area contributed by atoms with Gasteiger partial charge in [-0.3, -0.25) is 4.79 Å². The standard InChI is InChI=1S/C11H16O/c1-4-5-6-11(3)8-9(2)7-10(11)12/h1,9H,5-8H2,2-3H3/t9-,11+/m0/s1. The summed E-state index contributed by atoms with van der Waals surface area (Å²) >= 11 is 0. The van der Waals surface area contributed by atoms with Crippen molar-refractivity contribution < 1.29 is 4.79 Å². The maximum atomic E-state index is 11.5. The third kappa shape index (κ3) is 1.69. The van der Waals surface area contributed by atoms with Gasteiger partial charge in [0, 0.05) is 18.3 Å². The van der Waals surface area contributed by atoms with E-state index in [-0.39, 0.29) is 5.41 Å². The van der Waals surface area contributed by atoms with Gasteiger partial charge in [-0.05, 0) is 18.8 Å². The van der Waals surface area contributed by atoms with Crippen molar-refractivity contribution >= 4 is 5.78 Å². The SMILES string of the molecule is C#CCC[C@]1(C)C[C@@H](C)CC1=O. The maximum absolute atomic E-state index is 11.5. The van der Waals surface area contributed by atoms with E-state index >= 15 is 0 Å². The van der Waals surface area contributed by atoms with Crippen LogP contribution in [0.4, 0.5) is 0 Å². The van der Waals surface area contributed by atoms with Gasteiger partial charge in [-0.2, -0.15) is 0 Å². The number of carbonyl (C=O) groups excluding carboxylic acids is 1. The number of rotatable bonds is 2. The number of terminal acetylenes is 1. The van der Waals surface area contributed by atoms with Crippen LogP contribution in [0.15, 0.2) is 0 Å². The average molecular weight is 164 g/mol. The summed E-state index contributed by atoms with van der Waals surface area (Å²) in [6.07, 6.45) is 8.56. The fourth-order valence-corrected chi connectivity index (χ4v) is 2.11. The highest BCUT2D eigenvalue weighted by molar-refractivity contribution is 5.86. The van der Waals surface area contributed by atoms with Crippen molar-refractivity contribution in [3.05, 3.63) is 0 Å². The number of carbonyl (C=O) groups is 1. The Morgan fingerprint density at radius 3 is 2.83 bits per heavy atom. The molecule has 1 aliphatic rings. The molecule has 0 spiro atoms. The molecule has 0 bridgehead atoms. The molecule has 1 fully saturated rings. The highest BCUT2D eigenvalue weighted by Crippen LogP contribution is 2.41. The van der Waals surface area contributed by atoms with Crippen LogP contribution in [-0.4, -0.2) is 5.78 Å². The second kappa shape index (κ2) is 3.31. The third-order valence-electron chi connectivity index (χ3n) is 2.83. The number of hydrogen-bond donors (Lipinski definition) is 0. The Kier molecular flexibility index (Phi) is 2.57. The van der Waals surface area contributed by atoms with Crippen molar-refractivity contribution in [2.24, 2.45) is 11.3 Å². The minimum Gasteiger partial charge on any atom is -0.299 e. The molecule has 66 valence electrons. The second-order valence-electron chi connectivity index (χ2n) is 4.20. The molecule has 12 heavy (non-hydrogen) atoms. The Hall–Kier alpha value is -0.770. The van der Waals surface area contributed by atoms with Gasteiger partial charge in [-0.15, -0.1) is 12.3 Å². The van der Waals surface area contributed by atoms with Gasteiger partial charge in [0.15, 0.2) is 0 Å². The molecule has 0 aromatic heterocycles. The molecule has 2 atom stereocenters. The fourth-order valence-electron chi connectivity index (χ4n) is 2.11. The minimum absolute atomic E-state index is 0.105. The minimum atomic E-state index is -0.105. The smallest absolute Gasteiger partial charge is 0.139 e. The van der Waals surface area contributed by atoms with Crippen molar-refractivity contribution in [3.63, 3.8) is 0 Å². The zero-order valence-corrected chi connectivity index (χ0v) is 7.89. The Balaban J connectivity index is 2.59. The van der Waals surface area contributed by atoms with Gasteiger partial charge in [-0.25, -0.2) is 0 Å². The number of hydrogen-bond acceptors (Lipinski definition) is 1. The Morgan fingerprint density at radius 2 is 2.42 bits per heavy atom. The first-order valence-electron chi connectivity index (χ1n) is 4.55. The molecule has 1 heteroatoms. The van der Waals surface area contributed by atoms with Crippen LogP contribution in [0.3, 0.4) is 0 Å². The lowest BCUT2D eigenvalue weighted by atomic mass is 9.82. The van der Waals surface area contributed by atoms with Crippen LogP contribution in [0.1, 0.15) is 39.5 Å². The second-order valence-corrected chi connectivity index (χ2v) is 4.20. The molecule has 1 saturated carbocycles. The highest BCUT2D eigenvalue weighted by atomic mass is 16.1. The molecule has 0 aromatic carbocycles. The lowest BCUT2D eigenvalue weighted by molar-refractivity contribution is -0.125. The molecule has 0 N–H and O–H groups in total. The molecule has 0 saturated heterocycles. The molecule has 0 aromatic rings. The van der Waals surface area contributed by atoms with E-state index in [0.29, 0.717) is 11.7 Å². The Labute approximate surface area is 74.5 Å². The average Bonchev–Trinajstić information content (AvgIpc) is 2.23. The molecule has 0 radical (unpaired) electrons. The summed E-state index contributed by atoms with van der Waals surface area (Å²) in [6, 6.07) is 0. The maximum Gasteiger partial charge on any atom is 0.139 e. The third-order valence-corrected chi connectivity index (χ3v) is 2.83. The molecule has 1 rings (SSSR count). The largest absolute Gasteiger partial charge is 0.299 e. The first-order chi connectivity index (χ1) is 5.58. The zero-order chi connectivity index (χ0) is 9.19. The van der Waals surface area contributed by atoms with E-state index in [9.17, 15) is 4.79 Å². The summed E-state index contributed by atoms with van der Waals surface area (Å²) in [6.45, 7) is 4.19. The van der Waals surface area contributed by atoms with Crippen molar-refractivity contribution in [1.82, 2.24) is 0 Å². The number of Topliss-reactive ketones (excluding diaryl/α,β-unsaturated/α-hetero) is 1. The van der Waals surface area contributed by atoms with Crippen molar-refractivity contribution in [2.45, 2.75) is 39.5 Å². The number of ketones is 1. The van der Waals surface area contributed by atoms with Gasteiger partial charge in [0.2, 0.25) is 0 Å². The summed E-state index contributed by atoms with van der Waals surface area (Å²) in [5, 5.41) is 0. The van der Waals surface area contributed by atoms with E-state index in [0.717, 1.165) is 25.7 Å². The van der Waals surface area contributed by atoms with Gasteiger partial charge in [-0.1, -0.05) is 13.8 Å². The molecular formula is C11H16O. The van der Waals surface area contributed by atoms with Gasteiger partial charge in [0.05, 0.1) is 0 Å². The van der Waals surface area contributed by atoms with Crippen LogP contribution in [0.5, 0.6) is 0 Å². The molecular weight excluding hydrogens is 148 g/mol. The zero-order valence-electron chi connectivity index (χ0n) is 7.89. The Bertz CT molecular complexity index is 224. The Morgan fingerprint density at radius 1 is 1.75 bits per heavy atom. The lowest BCUT2D eigenvalue weighted by Gasteiger charge is -2.20. The first kappa shape index (κ1) is 9.32. The van der Waals surface area contributed by atoms with E-state index in [1.165, 1.54) is 0 Å². The van der Waals surface area contributed by atoms with Crippen LogP contribution in [0, 0.1) is 23.7 Å². The van der Waals surface area contributed by atoms with Crippen molar-refractivity contribution in [2.75, 3.05) is 0 Å². The van der Waals surface area contributed by atoms with Gasteiger partial charge in [0.25, 0.3) is 0 Å². The molecule has 0 aliphatic heterocycles. The summed E-state index contributed by atoms with van der Waals surface area (Å²) in [5.41, 5.74) is -0.105. The van der Waals surface area contributed by atoms with E-state index < -0.39 is 0 Å². The van der Waals surface area contributed by atoms with E-state index in [2.05, 4.69) is 19.8 Å². The van der Waals surface area contributed by atoms with Crippen LogP contribution >= 0.6 is 0 Å². The monoisotopic (exact) mass is 164 g/mol. The molecule has 1 aliphatic carbocycles. The predicted octanol–water partition coefficient (Wildman–Crippen LogP) is 2.41. The highest BCUT2D eigenvalue weighted by Gasteiger charge is 2.40. The lowest BCUT2D eigenvalue weighted by Crippen LogP contribution is -2.20. The molecule has 1 nitrogen and oxygen atoms in total. The molecule has 0 heterocycles. The van der Waals surface area contributed by atoms with Crippen LogP contribution in [0.25, 0.3) is 0 Å². The fraction of sp³-hybridized carbons (Fsp3) is 0.727. The van der Waals surface area contributed by atoms with Crippen LogP contribution in [0.2, 0.25) is 0 Å². The molecule has 0 amide bonds. The van der Waals surface area contributed by atoms with Gasteiger partial charge >= 0.3 is 0 Å². The normalized spacial score (nSPS) is 35.1. The summed E-state index contributed by atoms with van der Waals surface area (Å²) in [5.74, 6) is 3.57. The summed E-state index contributed by atoms with van der Waals surface area (Å²) in [4.78, 5) is 11.5. The van der Waals surface area contributed by atoms with Gasteiger partial charge in [0.1, 0.15) is 5.78 Å². The van der Waals surface area contributed by atoms with E-state index in [4.69, 9.17) is 6.42 Å². The van der Waals surface area contributed by atoms with Crippen molar-refractivity contribution in [3.8, 4) is 12.3 Å². The predicted molar refractivity (Wildman–Crippen MR) is 49.6 cm³/mol. The van der Waals surface area contributed by atoms with E-state index in [1.54, 1.807) is 0 Å². The first-order valence-corrected chi connectivity index (χ1v) is 4.55. The molecule has 0 unspecified atom stereocenters. The topological polar surface area (TPSA) is 17.1 Å². The quantitative estimate of drug-likeness (QED) is 0.573. The summed E-state index contributed by atoms with van der Waals surface area (Å²) in [7, 11) is 0. The van der Waals surface area contributed by atoms with E-state index in [1.807, 2.05) is 0 Å². The van der Waals surface area contributed by atoms with Crippen molar-refractivity contribution in [1.29, 1.82) is 0 Å². The van der Waals surface area contributed by atoms with Gasteiger partial charge < -0.3 is 0 Å². The van der Waals surface area contributed by atoms with Crippen LogP contribution in [-0.2, 0) is 4.79 Å². The van der Waals surface area contributed by atoms with Crippen LogP contribution < -0.4 is 0 Å².